The van der Waals surface area contributed by atoms with E-state index in [0.29, 0.717) is 19.0 Å². The van der Waals surface area contributed by atoms with Gasteiger partial charge in [-0.05, 0) is 49.1 Å². The van der Waals surface area contributed by atoms with Crippen LogP contribution in [0, 0.1) is 0 Å². The summed E-state index contributed by atoms with van der Waals surface area (Å²) in [4.78, 5) is 20.5. The van der Waals surface area contributed by atoms with Crippen LogP contribution in [0.5, 0.6) is 5.75 Å². The lowest BCUT2D eigenvalue weighted by molar-refractivity contribution is -0.130. The van der Waals surface area contributed by atoms with E-state index in [2.05, 4.69) is 47.3 Å². The number of rotatable bonds is 7. The van der Waals surface area contributed by atoms with E-state index in [-0.39, 0.29) is 5.91 Å². The number of carbonyl (C=O) groups excluding carboxylic acids is 1. The van der Waals surface area contributed by atoms with Crippen LogP contribution in [0.25, 0.3) is 10.9 Å². The predicted molar refractivity (Wildman–Crippen MR) is 121 cm³/mol. The maximum absolute atomic E-state index is 12.7. The molecule has 0 spiro atoms. The number of aromatic nitrogens is 1. The van der Waals surface area contributed by atoms with E-state index in [4.69, 9.17) is 4.74 Å². The molecular weight excluding hydrogens is 374 g/mol. The highest BCUT2D eigenvalue weighted by atomic mass is 16.5. The van der Waals surface area contributed by atoms with Crippen LogP contribution in [-0.4, -0.2) is 53.5 Å². The molecule has 1 unspecified atom stereocenters. The number of hydrogen-bond donors (Lipinski definition) is 1. The Bertz CT molecular complexity index is 979. The van der Waals surface area contributed by atoms with Gasteiger partial charge in [-0.1, -0.05) is 30.3 Å². The summed E-state index contributed by atoms with van der Waals surface area (Å²) in [5.41, 5.74) is 3.73. The van der Waals surface area contributed by atoms with E-state index in [1.54, 1.807) is 7.11 Å². The first-order valence-electron chi connectivity index (χ1n) is 10.8. The zero-order valence-electron chi connectivity index (χ0n) is 17.9. The zero-order valence-corrected chi connectivity index (χ0v) is 17.9. The van der Waals surface area contributed by atoms with E-state index in [0.717, 1.165) is 43.8 Å². The first-order chi connectivity index (χ1) is 14.6. The van der Waals surface area contributed by atoms with Gasteiger partial charge in [-0.15, -0.1) is 0 Å². The van der Waals surface area contributed by atoms with E-state index < -0.39 is 0 Å². The Morgan fingerprint density at radius 3 is 2.67 bits per heavy atom. The molecule has 1 N–H and O–H groups in total. The molecule has 0 radical (unpaired) electrons. The Hall–Kier alpha value is -2.79. The van der Waals surface area contributed by atoms with Crippen molar-refractivity contribution >= 4 is 16.8 Å². The summed E-state index contributed by atoms with van der Waals surface area (Å²) in [6.45, 7) is 5.51. The number of H-pyrrole nitrogens is 1. The molecule has 0 bridgehead atoms. The van der Waals surface area contributed by atoms with E-state index >= 15 is 0 Å². The number of methoxy groups -OCH3 is 1. The summed E-state index contributed by atoms with van der Waals surface area (Å²) in [6, 6.07) is 16.9. The molecule has 0 saturated carbocycles. The van der Waals surface area contributed by atoms with E-state index in [1.807, 2.05) is 29.2 Å². The van der Waals surface area contributed by atoms with Crippen molar-refractivity contribution in [3.63, 3.8) is 0 Å². The third kappa shape index (κ3) is 4.68. The fourth-order valence-corrected chi connectivity index (χ4v) is 4.33. The Morgan fingerprint density at radius 2 is 1.87 bits per heavy atom. The Balaban J connectivity index is 1.32. The van der Waals surface area contributed by atoms with Crippen LogP contribution >= 0.6 is 0 Å². The minimum absolute atomic E-state index is 0.247. The lowest BCUT2D eigenvalue weighted by Crippen LogP contribution is -2.37. The average Bonchev–Trinajstić information content (AvgIpc) is 3.10. The highest BCUT2D eigenvalue weighted by molar-refractivity contribution is 5.83. The molecule has 1 aliphatic rings. The second-order valence-electron chi connectivity index (χ2n) is 8.20. The van der Waals surface area contributed by atoms with Gasteiger partial charge in [0, 0.05) is 55.7 Å². The van der Waals surface area contributed by atoms with Crippen LogP contribution in [0.3, 0.4) is 0 Å². The molecule has 5 heteroatoms. The summed E-state index contributed by atoms with van der Waals surface area (Å²) in [5.74, 6) is 1.09. The van der Waals surface area contributed by atoms with Crippen LogP contribution in [0.4, 0.5) is 0 Å². The lowest BCUT2D eigenvalue weighted by Gasteiger charge is -2.27. The maximum atomic E-state index is 12.7. The third-order valence-corrected chi connectivity index (χ3v) is 6.28. The van der Waals surface area contributed by atoms with Crippen molar-refractivity contribution in [3.8, 4) is 5.75 Å². The molecule has 30 heavy (non-hydrogen) atoms. The molecule has 1 atom stereocenters. The molecule has 3 aromatic rings. The molecule has 1 fully saturated rings. The summed E-state index contributed by atoms with van der Waals surface area (Å²) in [6.07, 6.45) is 4.87. The van der Waals surface area contributed by atoms with Crippen LogP contribution in [0.15, 0.2) is 54.7 Å². The molecular formula is C25H31N3O2. The summed E-state index contributed by atoms with van der Waals surface area (Å²) in [5, 5.41) is 1.32. The number of para-hydroxylation sites is 1. The number of fused-ring (bicyclic) bond motifs is 1. The number of hydrogen-bond acceptors (Lipinski definition) is 3. The minimum atomic E-state index is 0.247. The summed E-state index contributed by atoms with van der Waals surface area (Å²) < 4.78 is 5.22. The topological polar surface area (TPSA) is 48.6 Å². The number of nitrogens with one attached hydrogen (secondary N) is 1. The van der Waals surface area contributed by atoms with Gasteiger partial charge in [0.25, 0.3) is 0 Å². The second kappa shape index (κ2) is 9.35. The average molecular weight is 406 g/mol. The third-order valence-electron chi connectivity index (χ3n) is 6.28. The van der Waals surface area contributed by atoms with Gasteiger partial charge < -0.3 is 14.6 Å². The van der Waals surface area contributed by atoms with Crippen molar-refractivity contribution < 1.29 is 9.53 Å². The van der Waals surface area contributed by atoms with Gasteiger partial charge in [0.2, 0.25) is 5.91 Å². The Kier molecular flexibility index (Phi) is 6.38. The smallest absolute Gasteiger partial charge is 0.224 e. The zero-order chi connectivity index (χ0) is 20.9. The van der Waals surface area contributed by atoms with Crippen LogP contribution in [0.1, 0.15) is 30.9 Å². The van der Waals surface area contributed by atoms with Gasteiger partial charge in [-0.25, -0.2) is 0 Å². The molecule has 5 nitrogen and oxygen atoms in total. The first kappa shape index (κ1) is 20.5. The van der Waals surface area contributed by atoms with Crippen molar-refractivity contribution in [1.82, 2.24) is 14.8 Å². The highest BCUT2D eigenvalue weighted by Crippen LogP contribution is 2.21. The molecule has 158 valence electrons. The Morgan fingerprint density at radius 1 is 1.07 bits per heavy atom. The monoisotopic (exact) mass is 405 g/mol. The van der Waals surface area contributed by atoms with Crippen molar-refractivity contribution in [3.05, 3.63) is 65.9 Å². The Labute approximate surface area is 178 Å². The number of aromatic amines is 1. The minimum Gasteiger partial charge on any atom is -0.497 e. The summed E-state index contributed by atoms with van der Waals surface area (Å²) >= 11 is 0. The van der Waals surface area contributed by atoms with Crippen molar-refractivity contribution in [2.75, 3.05) is 26.7 Å². The molecule has 2 aromatic carbocycles. The number of benzene rings is 2. The summed E-state index contributed by atoms with van der Waals surface area (Å²) in [7, 11) is 1.67. The number of nitrogens with zero attached hydrogens (tertiary/aromatic N) is 2. The quantitative estimate of drug-likeness (QED) is 0.640. The fraction of sp³-hybridized carbons (Fsp3) is 0.400. The number of carbonyl (C=O) groups is 1. The first-order valence-corrected chi connectivity index (χ1v) is 10.8. The van der Waals surface area contributed by atoms with Gasteiger partial charge in [0.1, 0.15) is 5.75 Å². The van der Waals surface area contributed by atoms with Crippen molar-refractivity contribution in [1.29, 1.82) is 0 Å². The number of aryl methyl sites for hydroxylation is 1. The lowest BCUT2D eigenvalue weighted by atomic mass is 10.0. The van der Waals surface area contributed by atoms with E-state index in [9.17, 15) is 4.79 Å². The van der Waals surface area contributed by atoms with Crippen LogP contribution < -0.4 is 4.74 Å². The number of amides is 1. The fourth-order valence-electron chi connectivity index (χ4n) is 4.33. The number of ether oxygens (including phenoxy) is 1. The van der Waals surface area contributed by atoms with Gasteiger partial charge in [0.05, 0.1) is 7.11 Å². The molecule has 2 heterocycles. The maximum Gasteiger partial charge on any atom is 0.224 e. The van der Waals surface area contributed by atoms with Gasteiger partial charge in [-0.2, -0.15) is 0 Å². The van der Waals surface area contributed by atoms with Crippen LogP contribution in [-0.2, 0) is 17.8 Å². The molecule has 0 aliphatic carbocycles. The molecule has 1 aliphatic heterocycles. The normalized spacial score (nSPS) is 16.6. The van der Waals surface area contributed by atoms with Gasteiger partial charge in [-0.3, -0.25) is 9.69 Å². The molecule has 1 saturated heterocycles. The standard InChI is InChI=1S/C25H31N3O2/c1-19(7-10-21-17-26-24-6-4-3-5-23(21)24)27-14-13-25(29)28(16-15-27)18-20-8-11-22(30-2)12-9-20/h3-6,8-9,11-12,17,19,26H,7,10,13-16,18H2,1-2H3. The van der Waals surface area contributed by atoms with Crippen molar-refractivity contribution in [2.24, 2.45) is 0 Å². The largest absolute Gasteiger partial charge is 0.497 e. The van der Waals surface area contributed by atoms with Crippen LogP contribution in [0.2, 0.25) is 0 Å². The van der Waals surface area contributed by atoms with Gasteiger partial charge >= 0.3 is 0 Å². The van der Waals surface area contributed by atoms with Gasteiger partial charge in [0.15, 0.2) is 0 Å². The SMILES string of the molecule is COc1ccc(CN2CCN(C(C)CCc3c[nH]c4ccccc34)CCC2=O)cc1. The molecule has 1 aromatic heterocycles. The highest BCUT2D eigenvalue weighted by Gasteiger charge is 2.24. The molecule has 1 amide bonds. The van der Waals surface area contributed by atoms with E-state index in [1.165, 1.54) is 16.5 Å². The predicted octanol–water partition coefficient (Wildman–Crippen LogP) is 4.23. The second-order valence-corrected chi connectivity index (χ2v) is 8.20. The molecule has 4 rings (SSSR count). The van der Waals surface area contributed by atoms with Crippen molar-refractivity contribution in [2.45, 2.75) is 38.8 Å².